The van der Waals surface area contributed by atoms with Crippen molar-refractivity contribution >= 4 is 34.8 Å². The molecule has 0 atom stereocenters. The molecule has 0 bridgehead atoms. The topological polar surface area (TPSA) is 88.8 Å². The molecule has 2 aliphatic rings. The number of nitrogens with zero attached hydrogens (tertiary/aromatic N) is 4. The standard InChI is InChI=1S/C32H30ClN5O2/c1-32(2)21-37(30(39)26-10-4-8-24(17-26)23-7-3-6-22(16-23)19-34)14-15-38(32)31(40)29-35-13-12-27(20-36-29)25-9-5-11-28(33)18-25/h3-11,16-18,20H,12-15,21H2,1-2H3,(H,35,36). The van der Waals surface area contributed by atoms with E-state index in [-0.39, 0.29) is 11.8 Å². The fourth-order valence-electron chi connectivity index (χ4n) is 5.22. The summed E-state index contributed by atoms with van der Waals surface area (Å²) in [4.78, 5) is 35.2. The molecule has 1 fully saturated rings. The summed E-state index contributed by atoms with van der Waals surface area (Å²) in [5.41, 5.74) is 4.33. The highest BCUT2D eigenvalue weighted by Crippen LogP contribution is 2.27. The molecule has 2 amide bonds. The molecule has 1 saturated heterocycles. The van der Waals surface area contributed by atoms with E-state index in [1.807, 2.05) is 80.7 Å². The maximum Gasteiger partial charge on any atom is 0.289 e. The van der Waals surface area contributed by atoms with Crippen molar-refractivity contribution in [2.24, 2.45) is 4.99 Å². The van der Waals surface area contributed by atoms with Gasteiger partial charge < -0.3 is 15.1 Å². The van der Waals surface area contributed by atoms with Crippen molar-refractivity contribution < 1.29 is 9.59 Å². The molecular weight excluding hydrogens is 522 g/mol. The van der Waals surface area contributed by atoms with Crippen LogP contribution in [0.3, 0.4) is 0 Å². The van der Waals surface area contributed by atoms with Gasteiger partial charge in [-0.05, 0) is 78.9 Å². The number of amidine groups is 1. The molecular formula is C32H30ClN5O2. The Morgan fingerprint density at radius 1 is 0.950 bits per heavy atom. The molecule has 1 N–H and O–H groups in total. The largest absolute Gasteiger partial charge is 0.342 e. The van der Waals surface area contributed by atoms with Crippen molar-refractivity contribution in [3.05, 3.63) is 101 Å². The van der Waals surface area contributed by atoms with E-state index in [1.165, 1.54) is 0 Å². The molecule has 0 unspecified atom stereocenters. The van der Waals surface area contributed by atoms with Crippen molar-refractivity contribution in [2.45, 2.75) is 25.8 Å². The van der Waals surface area contributed by atoms with Crippen molar-refractivity contribution in [3.63, 3.8) is 0 Å². The highest BCUT2D eigenvalue weighted by molar-refractivity contribution is 6.38. The number of benzene rings is 3. The Kier molecular flexibility index (Phi) is 7.72. The zero-order chi connectivity index (χ0) is 28.3. The van der Waals surface area contributed by atoms with E-state index in [2.05, 4.69) is 16.4 Å². The fourth-order valence-corrected chi connectivity index (χ4v) is 5.41. The monoisotopic (exact) mass is 551 g/mol. The lowest BCUT2D eigenvalue weighted by Gasteiger charge is -2.47. The first-order valence-electron chi connectivity index (χ1n) is 13.2. The molecule has 8 heteroatoms. The maximum atomic E-state index is 13.6. The minimum Gasteiger partial charge on any atom is -0.342 e. The van der Waals surface area contributed by atoms with Gasteiger partial charge in [-0.1, -0.05) is 48.0 Å². The zero-order valence-electron chi connectivity index (χ0n) is 22.5. The number of piperazine rings is 1. The number of halogens is 1. The summed E-state index contributed by atoms with van der Waals surface area (Å²) in [6.45, 7) is 5.63. The predicted octanol–water partition coefficient (Wildman–Crippen LogP) is 5.37. The number of hydrogen-bond acceptors (Lipinski definition) is 5. The van der Waals surface area contributed by atoms with Gasteiger partial charge in [-0.3, -0.25) is 14.6 Å². The summed E-state index contributed by atoms with van der Waals surface area (Å²) in [7, 11) is 0. The number of aliphatic imine (C=N–C) groups is 1. The van der Waals surface area contributed by atoms with Crippen LogP contribution in [0.15, 0.2) is 84.0 Å². The van der Waals surface area contributed by atoms with Crippen molar-refractivity contribution in [2.75, 3.05) is 26.2 Å². The molecule has 2 aliphatic heterocycles. The van der Waals surface area contributed by atoms with Crippen LogP contribution >= 0.6 is 11.6 Å². The van der Waals surface area contributed by atoms with E-state index in [0.717, 1.165) is 22.3 Å². The first-order chi connectivity index (χ1) is 19.2. The molecule has 5 rings (SSSR count). The van der Waals surface area contributed by atoms with Gasteiger partial charge in [0.1, 0.15) is 0 Å². The molecule has 7 nitrogen and oxygen atoms in total. The first-order valence-corrected chi connectivity index (χ1v) is 13.6. The van der Waals surface area contributed by atoms with E-state index in [0.29, 0.717) is 54.6 Å². The third kappa shape index (κ3) is 5.78. The minimum absolute atomic E-state index is 0.0857. The van der Waals surface area contributed by atoms with Crippen molar-refractivity contribution in [1.82, 2.24) is 15.1 Å². The molecule has 3 aromatic carbocycles. The van der Waals surface area contributed by atoms with Crippen LogP contribution in [-0.4, -0.2) is 59.2 Å². The Morgan fingerprint density at radius 2 is 1.68 bits per heavy atom. The lowest BCUT2D eigenvalue weighted by atomic mass is 9.96. The normalized spacial score (nSPS) is 16.6. The van der Waals surface area contributed by atoms with Crippen molar-refractivity contribution in [1.29, 1.82) is 5.26 Å². The van der Waals surface area contributed by atoms with Gasteiger partial charge in [-0.15, -0.1) is 0 Å². The maximum absolute atomic E-state index is 13.6. The van der Waals surface area contributed by atoms with Crippen LogP contribution in [0.1, 0.15) is 41.8 Å². The summed E-state index contributed by atoms with van der Waals surface area (Å²) < 4.78 is 0. The number of carbonyl (C=O) groups excluding carboxylic acids is 2. The second-order valence-corrected chi connectivity index (χ2v) is 11.0. The van der Waals surface area contributed by atoms with Crippen LogP contribution in [0.2, 0.25) is 5.02 Å². The second-order valence-electron chi connectivity index (χ2n) is 10.6. The average molecular weight is 552 g/mol. The van der Waals surface area contributed by atoms with Gasteiger partial charge in [0.05, 0.1) is 17.2 Å². The van der Waals surface area contributed by atoms with Gasteiger partial charge in [0.2, 0.25) is 0 Å². The smallest absolute Gasteiger partial charge is 0.289 e. The van der Waals surface area contributed by atoms with Crippen LogP contribution in [0.5, 0.6) is 0 Å². The zero-order valence-corrected chi connectivity index (χ0v) is 23.3. The number of nitrogens with one attached hydrogen (secondary N) is 1. The fraction of sp³-hybridized carbons (Fsp3) is 0.250. The SMILES string of the molecule is CC1(C)CN(C(=O)c2cccc(-c3cccc(C#N)c3)c2)CCN1C(=O)C1=NCCC(c2cccc(Cl)c2)=CN1. The summed E-state index contributed by atoms with van der Waals surface area (Å²) in [5.74, 6) is 0.0368. The number of amides is 2. The third-order valence-electron chi connectivity index (χ3n) is 7.30. The van der Waals surface area contributed by atoms with Gasteiger partial charge in [0.15, 0.2) is 5.84 Å². The van der Waals surface area contributed by atoms with Crippen LogP contribution in [0.25, 0.3) is 16.7 Å². The molecule has 2 heterocycles. The van der Waals surface area contributed by atoms with Gasteiger partial charge in [0.25, 0.3) is 11.8 Å². The van der Waals surface area contributed by atoms with E-state index in [1.54, 1.807) is 21.9 Å². The number of nitriles is 1. The minimum atomic E-state index is -0.597. The molecule has 0 saturated carbocycles. The summed E-state index contributed by atoms with van der Waals surface area (Å²) >= 11 is 6.16. The Morgan fingerprint density at radius 3 is 2.42 bits per heavy atom. The quantitative estimate of drug-likeness (QED) is 0.472. The highest BCUT2D eigenvalue weighted by atomic mass is 35.5. The number of hydrogen-bond donors (Lipinski definition) is 1. The Bertz CT molecular complexity index is 1570. The van der Waals surface area contributed by atoms with E-state index < -0.39 is 5.54 Å². The predicted molar refractivity (Wildman–Crippen MR) is 158 cm³/mol. The van der Waals surface area contributed by atoms with E-state index >= 15 is 0 Å². The Hall–Kier alpha value is -4.41. The lowest BCUT2D eigenvalue weighted by molar-refractivity contribution is -0.132. The number of rotatable bonds is 4. The summed E-state index contributed by atoms with van der Waals surface area (Å²) in [6.07, 6.45) is 2.52. The number of carbonyl (C=O) groups is 2. The lowest BCUT2D eigenvalue weighted by Crippen LogP contribution is -2.63. The van der Waals surface area contributed by atoms with E-state index in [9.17, 15) is 14.9 Å². The van der Waals surface area contributed by atoms with Crippen LogP contribution in [0, 0.1) is 11.3 Å². The molecule has 0 spiro atoms. The molecule has 202 valence electrons. The Labute approximate surface area is 239 Å². The van der Waals surface area contributed by atoms with E-state index in [4.69, 9.17) is 11.6 Å². The van der Waals surface area contributed by atoms with Gasteiger partial charge in [-0.25, -0.2) is 0 Å². The Balaban J connectivity index is 1.28. The molecule has 0 aromatic heterocycles. The summed E-state index contributed by atoms with van der Waals surface area (Å²) in [5, 5.41) is 13.0. The average Bonchev–Trinajstić information content (AvgIpc) is 3.23. The molecule has 40 heavy (non-hydrogen) atoms. The van der Waals surface area contributed by atoms with Gasteiger partial charge >= 0.3 is 0 Å². The van der Waals surface area contributed by atoms with Gasteiger partial charge in [-0.2, -0.15) is 5.26 Å². The highest BCUT2D eigenvalue weighted by Gasteiger charge is 2.40. The molecule has 3 aromatic rings. The van der Waals surface area contributed by atoms with Crippen molar-refractivity contribution in [3.8, 4) is 17.2 Å². The van der Waals surface area contributed by atoms with Crippen LogP contribution < -0.4 is 5.32 Å². The molecule has 0 aliphatic carbocycles. The summed E-state index contributed by atoms with van der Waals surface area (Å²) in [6, 6.07) is 24.6. The molecule has 0 radical (unpaired) electrons. The van der Waals surface area contributed by atoms with Crippen LogP contribution in [-0.2, 0) is 4.79 Å². The van der Waals surface area contributed by atoms with Gasteiger partial charge in [0, 0.05) is 43.0 Å². The second kappa shape index (κ2) is 11.4. The third-order valence-corrected chi connectivity index (χ3v) is 7.54. The first kappa shape index (κ1) is 27.2. The van der Waals surface area contributed by atoms with Crippen LogP contribution in [0.4, 0.5) is 0 Å².